The number of rotatable bonds is 2. The zero-order valence-corrected chi connectivity index (χ0v) is 7.05. The van der Waals surface area contributed by atoms with Crippen LogP contribution in [0.25, 0.3) is 0 Å². The van der Waals surface area contributed by atoms with Crippen molar-refractivity contribution in [3.05, 3.63) is 0 Å². The topological polar surface area (TPSA) is 37.3 Å². The summed E-state index contributed by atoms with van der Waals surface area (Å²) in [6, 6.07) is 0. The molecule has 0 unspecified atom stereocenters. The van der Waals surface area contributed by atoms with Crippen LogP contribution in [0.1, 0.15) is 39.0 Å². The van der Waals surface area contributed by atoms with E-state index in [0.717, 1.165) is 25.7 Å². The Morgan fingerprint density at radius 1 is 1.36 bits per heavy atom. The van der Waals surface area contributed by atoms with E-state index in [9.17, 15) is 4.79 Å². The Labute approximate surface area is 67.6 Å². The summed E-state index contributed by atoms with van der Waals surface area (Å²) in [5.41, 5.74) is 0. The number of carbonyl (C=O) groups is 1. The lowest BCUT2D eigenvalue weighted by Gasteiger charge is -2.21. The Morgan fingerprint density at radius 2 is 1.91 bits per heavy atom. The van der Waals surface area contributed by atoms with E-state index in [4.69, 9.17) is 5.11 Å². The van der Waals surface area contributed by atoms with E-state index < -0.39 is 6.10 Å². The van der Waals surface area contributed by atoms with Gasteiger partial charge in [0.2, 0.25) is 0 Å². The van der Waals surface area contributed by atoms with Gasteiger partial charge < -0.3 is 5.11 Å². The zero-order valence-electron chi connectivity index (χ0n) is 7.05. The monoisotopic (exact) mass is 156 g/mol. The standard InChI is InChI=1S/C9H16O2/c1-7(10)9(11)8-5-3-2-4-6-8/h7-8,10H,2-6H2,1H3/t7-/m0/s1. The van der Waals surface area contributed by atoms with E-state index in [1.165, 1.54) is 6.42 Å². The molecule has 0 aromatic rings. The van der Waals surface area contributed by atoms with Gasteiger partial charge in [-0.05, 0) is 19.8 Å². The maximum absolute atomic E-state index is 11.2. The largest absolute Gasteiger partial charge is 0.386 e. The van der Waals surface area contributed by atoms with Gasteiger partial charge in [0.15, 0.2) is 5.78 Å². The molecule has 1 aliphatic rings. The average Bonchev–Trinajstić information content (AvgIpc) is 2.05. The summed E-state index contributed by atoms with van der Waals surface area (Å²) in [7, 11) is 0. The molecule has 0 bridgehead atoms. The summed E-state index contributed by atoms with van der Waals surface area (Å²) in [6.07, 6.45) is 4.79. The number of hydrogen-bond donors (Lipinski definition) is 1. The summed E-state index contributed by atoms with van der Waals surface area (Å²) in [5, 5.41) is 9.02. The van der Waals surface area contributed by atoms with Crippen LogP contribution in [0.3, 0.4) is 0 Å². The van der Waals surface area contributed by atoms with Gasteiger partial charge in [-0.15, -0.1) is 0 Å². The third kappa shape index (κ3) is 2.29. The number of ketones is 1. The van der Waals surface area contributed by atoms with Gasteiger partial charge in [0.1, 0.15) is 6.10 Å². The number of carbonyl (C=O) groups excluding carboxylic acids is 1. The Morgan fingerprint density at radius 3 is 2.36 bits per heavy atom. The van der Waals surface area contributed by atoms with E-state index in [1.54, 1.807) is 6.92 Å². The minimum atomic E-state index is -0.752. The molecule has 0 aliphatic heterocycles. The summed E-state index contributed by atoms with van der Waals surface area (Å²) in [4.78, 5) is 11.2. The molecule has 2 heteroatoms. The van der Waals surface area contributed by atoms with Crippen LogP contribution in [0.5, 0.6) is 0 Å². The predicted octanol–water partition coefficient (Wildman–Crippen LogP) is 1.52. The number of hydrogen-bond acceptors (Lipinski definition) is 2. The van der Waals surface area contributed by atoms with E-state index in [-0.39, 0.29) is 11.7 Å². The third-order valence-electron chi connectivity index (χ3n) is 2.42. The van der Waals surface area contributed by atoms with Crippen molar-refractivity contribution in [2.45, 2.75) is 45.1 Å². The van der Waals surface area contributed by atoms with Crippen molar-refractivity contribution in [1.29, 1.82) is 0 Å². The van der Waals surface area contributed by atoms with Crippen molar-refractivity contribution < 1.29 is 9.90 Å². The van der Waals surface area contributed by atoms with Crippen molar-refractivity contribution >= 4 is 5.78 Å². The highest BCUT2D eigenvalue weighted by Crippen LogP contribution is 2.24. The van der Waals surface area contributed by atoms with Gasteiger partial charge >= 0.3 is 0 Å². The Hall–Kier alpha value is -0.370. The molecule has 0 saturated heterocycles. The summed E-state index contributed by atoms with van der Waals surface area (Å²) < 4.78 is 0. The second-order valence-electron chi connectivity index (χ2n) is 3.41. The van der Waals surface area contributed by atoms with Crippen LogP contribution in [0.15, 0.2) is 0 Å². The normalized spacial score (nSPS) is 23.1. The van der Waals surface area contributed by atoms with Crippen LogP contribution >= 0.6 is 0 Å². The molecule has 1 rings (SSSR count). The van der Waals surface area contributed by atoms with Gasteiger partial charge in [-0.1, -0.05) is 19.3 Å². The molecular weight excluding hydrogens is 140 g/mol. The summed E-state index contributed by atoms with van der Waals surface area (Å²) >= 11 is 0. The predicted molar refractivity (Wildman–Crippen MR) is 43.3 cm³/mol. The molecule has 1 aliphatic carbocycles. The van der Waals surface area contributed by atoms with Crippen molar-refractivity contribution in [2.75, 3.05) is 0 Å². The average molecular weight is 156 g/mol. The molecule has 2 nitrogen and oxygen atoms in total. The number of aliphatic hydroxyl groups excluding tert-OH is 1. The molecule has 1 fully saturated rings. The fraction of sp³-hybridized carbons (Fsp3) is 0.889. The lowest BCUT2D eigenvalue weighted by molar-refractivity contribution is -0.131. The molecular formula is C9H16O2. The molecule has 0 heterocycles. The SMILES string of the molecule is C[C@H](O)C(=O)C1CCCCC1. The highest BCUT2D eigenvalue weighted by molar-refractivity contribution is 5.84. The van der Waals surface area contributed by atoms with Gasteiger partial charge in [0, 0.05) is 5.92 Å². The van der Waals surface area contributed by atoms with Crippen LogP contribution in [-0.4, -0.2) is 17.0 Å². The number of aliphatic hydroxyl groups is 1. The Bertz CT molecular complexity index is 134. The molecule has 0 radical (unpaired) electrons. The molecule has 0 aromatic heterocycles. The minimum absolute atomic E-state index is 0.0460. The van der Waals surface area contributed by atoms with E-state index >= 15 is 0 Å². The Balaban J connectivity index is 2.39. The van der Waals surface area contributed by atoms with Gasteiger partial charge in [-0.25, -0.2) is 0 Å². The van der Waals surface area contributed by atoms with E-state index in [2.05, 4.69) is 0 Å². The lowest BCUT2D eigenvalue weighted by Crippen LogP contribution is -2.27. The Kier molecular flexibility index (Phi) is 3.06. The van der Waals surface area contributed by atoms with E-state index in [1.807, 2.05) is 0 Å². The van der Waals surface area contributed by atoms with Crippen molar-refractivity contribution in [2.24, 2.45) is 5.92 Å². The summed E-state index contributed by atoms with van der Waals surface area (Å²) in [5.74, 6) is 0.202. The molecule has 0 aromatic carbocycles. The lowest BCUT2D eigenvalue weighted by atomic mass is 9.85. The molecule has 1 N–H and O–H groups in total. The highest BCUT2D eigenvalue weighted by atomic mass is 16.3. The van der Waals surface area contributed by atoms with Gasteiger partial charge in [-0.2, -0.15) is 0 Å². The van der Waals surface area contributed by atoms with Gasteiger partial charge in [0.25, 0.3) is 0 Å². The fourth-order valence-electron chi connectivity index (χ4n) is 1.73. The van der Waals surface area contributed by atoms with Gasteiger partial charge in [-0.3, -0.25) is 4.79 Å². The maximum Gasteiger partial charge on any atom is 0.164 e. The van der Waals surface area contributed by atoms with E-state index in [0.29, 0.717) is 0 Å². The molecule has 0 spiro atoms. The van der Waals surface area contributed by atoms with Crippen molar-refractivity contribution in [3.63, 3.8) is 0 Å². The minimum Gasteiger partial charge on any atom is -0.386 e. The molecule has 1 saturated carbocycles. The maximum atomic E-state index is 11.2. The van der Waals surface area contributed by atoms with Crippen LogP contribution in [-0.2, 0) is 4.79 Å². The fourth-order valence-corrected chi connectivity index (χ4v) is 1.73. The summed E-state index contributed by atoms with van der Waals surface area (Å²) in [6.45, 7) is 1.57. The first kappa shape index (κ1) is 8.72. The van der Waals surface area contributed by atoms with Crippen LogP contribution < -0.4 is 0 Å². The third-order valence-corrected chi connectivity index (χ3v) is 2.42. The highest BCUT2D eigenvalue weighted by Gasteiger charge is 2.23. The molecule has 0 amide bonds. The number of Topliss-reactive ketones (excluding diaryl/α,β-unsaturated/α-hetero) is 1. The van der Waals surface area contributed by atoms with Crippen LogP contribution in [0.4, 0.5) is 0 Å². The first-order chi connectivity index (χ1) is 5.22. The quantitative estimate of drug-likeness (QED) is 0.658. The first-order valence-electron chi connectivity index (χ1n) is 4.43. The zero-order chi connectivity index (χ0) is 8.27. The van der Waals surface area contributed by atoms with Gasteiger partial charge in [0.05, 0.1) is 0 Å². The van der Waals surface area contributed by atoms with Crippen LogP contribution in [0, 0.1) is 5.92 Å². The molecule has 11 heavy (non-hydrogen) atoms. The first-order valence-corrected chi connectivity index (χ1v) is 4.43. The van der Waals surface area contributed by atoms with Crippen molar-refractivity contribution in [3.8, 4) is 0 Å². The van der Waals surface area contributed by atoms with Crippen molar-refractivity contribution in [1.82, 2.24) is 0 Å². The smallest absolute Gasteiger partial charge is 0.164 e. The molecule has 64 valence electrons. The second-order valence-corrected chi connectivity index (χ2v) is 3.41. The second kappa shape index (κ2) is 3.86. The van der Waals surface area contributed by atoms with Crippen LogP contribution in [0.2, 0.25) is 0 Å². The molecule has 1 atom stereocenters.